The van der Waals surface area contributed by atoms with Crippen molar-refractivity contribution in [3.8, 4) is 18.1 Å². The van der Waals surface area contributed by atoms with Gasteiger partial charge in [-0.25, -0.2) is 0 Å². The maximum atomic E-state index is 10.4. The molecule has 98 valence electrons. The molecule has 0 aromatic heterocycles. The molecule has 1 rings (SSSR count). The van der Waals surface area contributed by atoms with E-state index in [1.165, 1.54) is 0 Å². The van der Waals surface area contributed by atoms with E-state index in [1.807, 2.05) is 31.3 Å². The van der Waals surface area contributed by atoms with Gasteiger partial charge in [0, 0.05) is 5.56 Å². The average molecular weight is 262 g/mol. The molecule has 0 heterocycles. The molecule has 0 aliphatic rings. The molecule has 1 aromatic carbocycles. The zero-order valence-electron chi connectivity index (χ0n) is 11.9. The van der Waals surface area contributed by atoms with Crippen LogP contribution in [0.1, 0.15) is 25.0 Å². The highest BCUT2D eigenvalue weighted by atomic mass is 28.4. The zero-order chi connectivity index (χ0) is 14.0. The average Bonchev–Trinajstić information content (AvgIpc) is 2.26. The van der Waals surface area contributed by atoms with Crippen molar-refractivity contribution in [1.29, 1.82) is 0 Å². The van der Waals surface area contributed by atoms with E-state index in [1.54, 1.807) is 7.11 Å². The third kappa shape index (κ3) is 3.15. The van der Waals surface area contributed by atoms with Gasteiger partial charge in [0.15, 0.2) is 8.32 Å². The van der Waals surface area contributed by atoms with Crippen molar-refractivity contribution in [2.24, 2.45) is 0 Å². The number of rotatable bonds is 4. The molecule has 0 saturated heterocycles. The van der Waals surface area contributed by atoms with Crippen LogP contribution in [0.2, 0.25) is 18.1 Å². The molecule has 0 spiro atoms. The lowest BCUT2D eigenvalue weighted by atomic mass is 9.99. The predicted molar refractivity (Wildman–Crippen MR) is 78.4 cm³/mol. The molecule has 0 aliphatic heterocycles. The lowest BCUT2D eigenvalue weighted by Crippen LogP contribution is -2.40. The van der Waals surface area contributed by atoms with E-state index in [4.69, 9.17) is 11.2 Å². The highest BCUT2D eigenvalue weighted by Crippen LogP contribution is 2.40. The highest BCUT2D eigenvalue weighted by molar-refractivity contribution is 6.72. The van der Waals surface area contributed by atoms with E-state index < -0.39 is 8.32 Å². The van der Waals surface area contributed by atoms with Crippen molar-refractivity contribution in [2.75, 3.05) is 7.11 Å². The van der Waals surface area contributed by atoms with Crippen molar-refractivity contribution in [2.45, 2.75) is 38.4 Å². The van der Waals surface area contributed by atoms with Gasteiger partial charge in [-0.05, 0) is 48.3 Å². The van der Waals surface area contributed by atoms with Crippen LogP contribution >= 0.6 is 0 Å². The Balaban J connectivity index is 3.14. The van der Waals surface area contributed by atoms with Crippen molar-refractivity contribution >= 4 is 8.32 Å². The van der Waals surface area contributed by atoms with Crippen molar-refractivity contribution < 1.29 is 9.53 Å². The van der Waals surface area contributed by atoms with Gasteiger partial charge in [0.1, 0.15) is 5.75 Å². The lowest BCUT2D eigenvalue weighted by molar-refractivity contribution is 0.403. The Bertz CT molecular complexity index is 464. The molecule has 0 unspecified atom stereocenters. The Morgan fingerprint density at radius 3 is 2.44 bits per heavy atom. The summed E-state index contributed by atoms with van der Waals surface area (Å²) in [5.74, 6) is 3.47. The van der Waals surface area contributed by atoms with Crippen LogP contribution in [0.25, 0.3) is 0 Å². The van der Waals surface area contributed by atoms with Gasteiger partial charge in [-0.3, -0.25) is 0 Å². The van der Waals surface area contributed by atoms with Crippen LogP contribution < -0.4 is 4.74 Å². The number of hydrogen-bond donors (Lipinski definition) is 1. The number of benzene rings is 1. The molecule has 18 heavy (non-hydrogen) atoms. The second-order valence-electron chi connectivity index (χ2n) is 5.79. The Labute approximate surface area is 111 Å². The van der Waals surface area contributed by atoms with Gasteiger partial charge in [0.05, 0.1) is 7.11 Å². The molecule has 0 saturated carbocycles. The summed E-state index contributed by atoms with van der Waals surface area (Å²) in [6.45, 7) is 8.12. The molecule has 0 radical (unpaired) electrons. The van der Waals surface area contributed by atoms with Crippen LogP contribution in [0.4, 0.5) is 0 Å². The first-order valence-corrected chi connectivity index (χ1v) is 9.02. The largest absolute Gasteiger partial charge is 0.496 e. The Morgan fingerprint density at radius 1 is 1.39 bits per heavy atom. The number of terminal acetylenes is 1. The first-order valence-electron chi connectivity index (χ1n) is 6.07. The van der Waals surface area contributed by atoms with Crippen LogP contribution in [-0.4, -0.2) is 20.2 Å². The van der Waals surface area contributed by atoms with Crippen LogP contribution in [0.3, 0.4) is 0 Å². The van der Waals surface area contributed by atoms with E-state index in [0.717, 1.165) is 23.3 Å². The zero-order valence-corrected chi connectivity index (χ0v) is 12.9. The first-order chi connectivity index (χ1) is 8.21. The SMILES string of the molecule is C#Cc1ccc(OC)c(CC(C)(C)[Si](C)(C)O)c1. The fourth-order valence-electron chi connectivity index (χ4n) is 1.70. The Kier molecular flexibility index (Phi) is 4.26. The minimum atomic E-state index is -2.24. The monoisotopic (exact) mass is 262 g/mol. The van der Waals surface area contributed by atoms with E-state index in [9.17, 15) is 4.80 Å². The molecule has 3 heteroatoms. The van der Waals surface area contributed by atoms with E-state index in [2.05, 4.69) is 19.8 Å². The molecule has 0 fully saturated rings. The summed E-state index contributed by atoms with van der Waals surface area (Å²) in [5.41, 5.74) is 1.91. The second-order valence-corrected chi connectivity index (χ2v) is 10.3. The van der Waals surface area contributed by atoms with Gasteiger partial charge < -0.3 is 9.53 Å². The van der Waals surface area contributed by atoms with E-state index >= 15 is 0 Å². The molecule has 0 aliphatic carbocycles. The summed E-state index contributed by atoms with van der Waals surface area (Å²) >= 11 is 0. The predicted octanol–water partition coefficient (Wildman–Crippen LogP) is 3.20. The Morgan fingerprint density at radius 2 is 2.00 bits per heavy atom. The first kappa shape index (κ1) is 14.8. The molecule has 1 N–H and O–H groups in total. The highest BCUT2D eigenvalue weighted by Gasteiger charge is 2.38. The third-order valence-corrected chi connectivity index (χ3v) is 7.22. The number of hydrogen-bond acceptors (Lipinski definition) is 2. The van der Waals surface area contributed by atoms with Gasteiger partial charge in [0.25, 0.3) is 0 Å². The Hall–Kier alpha value is -1.24. The maximum Gasteiger partial charge on any atom is 0.188 e. The smallest absolute Gasteiger partial charge is 0.188 e. The maximum absolute atomic E-state index is 10.4. The molecule has 0 atom stereocenters. The van der Waals surface area contributed by atoms with Crippen LogP contribution in [0, 0.1) is 12.3 Å². The van der Waals surface area contributed by atoms with Crippen LogP contribution in [0.15, 0.2) is 18.2 Å². The third-order valence-electron chi connectivity index (χ3n) is 3.74. The van der Waals surface area contributed by atoms with E-state index in [0.29, 0.717) is 0 Å². The second kappa shape index (κ2) is 5.17. The fraction of sp³-hybridized carbons (Fsp3) is 0.467. The normalized spacial score (nSPS) is 12.1. The summed E-state index contributed by atoms with van der Waals surface area (Å²) in [6, 6.07) is 5.74. The van der Waals surface area contributed by atoms with Crippen molar-refractivity contribution in [1.82, 2.24) is 0 Å². The van der Waals surface area contributed by atoms with Crippen LogP contribution in [0.5, 0.6) is 5.75 Å². The quantitative estimate of drug-likeness (QED) is 0.667. The minimum absolute atomic E-state index is 0.131. The number of ether oxygens (including phenoxy) is 1. The molecule has 0 amide bonds. The topological polar surface area (TPSA) is 29.5 Å². The van der Waals surface area contributed by atoms with Gasteiger partial charge in [-0.2, -0.15) is 0 Å². The molecule has 2 nitrogen and oxygen atoms in total. The summed E-state index contributed by atoms with van der Waals surface area (Å²) in [6.07, 6.45) is 6.19. The molecule has 0 bridgehead atoms. The van der Waals surface area contributed by atoms with Crippen LogP contribution in [-0.2, 0) is 6.42 Å². The molecule has 1 aromatic rings. The van der Waals surface area contributed by atoms with Gasteiger partial charge in [-0.15, -0.1) is 6.42 Å². The number of methoxy groups -OCH3 is 1. The molecular weight excluding hydrogens is 240 g/mol. The van der Waals surface area contributed by atoms with Gasteiger partial charge in [0.2, 0.25) is 0 Å². The lowest BCUT2D eigenvalue weighted by Gasteiger charge is -2.35. The fourth-order valence-corrected chi connectivity index (χ4v) is 2.32. The summed E-state index contributed by atoms with van der Waals surface area (Å²) in [4.78, 5) is 10.4. The van der Waals surface area contributed by atoms with E-state index in [-0.39, 0.29) is 5.04 Å². The summed E-state index contributed by atoms with van der Waals surface area (Å²) < 4.78 is 5.37. The standard InChI is InChI=1S/C15H22O2Si/c1-7-12-8-9-14(17-4)13(10-12)11-15(2,3)18(5,6)16/h1,8-10,16H,11H2,2-6H3. The van der Waals surface area contributed by atoms with Gasteiger partial charge in [-0.1, -0.05) is 19.8 Å². The minimum Gasteiger partial charge on any atom is -0.496 e. The van der Waals surface area contributed by atoms with Gasteiger partial charge >= 0.3 is 0 Å². The summed E-state index contributed by atoms with van der Waals surface area (Å²) in [5, 5.41) is -0.131. The van der Waals surface area contributed by atoms with Crippen molar-refractivity contribution in [3.63, 3.8) is 0 Å². The summed E-state index contributed by atoms with van der Waals surface area (Å²) in [7, 11) is -0.582. The molecular formula is C15H22O2Si. The van der Waals surface area contributed by atoms with Crippen molar-refractivity contribution in [3.05, 3.63) is 29.3 Å².